The lowest BCUT2D eigenvalue weighted by Crippen LogP contribution is -2.26. The van der Waals surface area contributed by atoms with Crippen LogP contribution in [-0.4, -0.2) is 41.0 Å². The number of carbonyl (C=O) groups excluding carboxylic acids is 1. The molecule has 10 heteroatoms. The van der Waals surface area contributed by atoms with Crippen LogP contribution in [0, 0.1) is 0 Å². The molecule has 1 atom stereocenters. The Bertz CT molecular complexity index is 1240. The predicted octanol–water partition coefficient (Wildman–Crippen LogP) is 3.79. The smallest absolute Gasteiger partial charge is 0.352 e. The van der Waals surface area contributed by atoms with Crippen LogP contribution < -0.4 is 20.1 Å². The zero-order chi connectivity index (χ0) is 22.8. The number of carbonyl (C=O) groups is 2. The third-order valence-electron chi connectivity index (χ3n) is 4.98. The van der Waals surface area contributed by atoms with Gasteiger partial charge in [-0.1, -0.05) is 29.8 Å². The number of hydrogen-bond acceptors (Lipinski definition) is 6. The first kappa shape index (κ1) is 21.3. The van der Waals surface area contributed by atoms with Gasteiger partial charge < -0.3 is 25.2 Å². The van der Waals surface area contributed by atoms with Crippen molar-refractivity contribution in [2.75, 3.05) is 24.9 Å². The van der Waals surface area contributed by atoms with Gasteiger partial charge in [-0.2, -0.15) is 5.10 Å². The van der Waals surface area contributed by atoms with E-state index in [1.165, 1.54) is 26.5 Å². The number of allylic oxidation sites excluding steroid dienone is 1. The number of aliphatic carboxylic acids is 1. The summed E-state index contributed by atoms with van der Waals surface area (Å²) in [5.41, 5.74) is 1.25. The van der Waals surface area contributed by atoms with Crippen molar-refractivity contribution in [3.63, 3.8) is 0 Å². The molecule has 1 aliphatic heterocycles. The molecular weight excluding hydrogens is 436 g/mol. The molecule has 3 N–H and O–H groups in total. The lowest BCUT2D eigenvalue weighted by atomic mass is 10.0. The Balaban J connectivity index is 1.71. The van der Waals surface area contributed by atoms with Crippen molar-refractivity contribution in [1.82, 2.24) is 9.78 Å². The van der Waals surface area contributed by atoms with Gasteiger partial charge in [0.2, 0.25) is 0 Å². The fourth-order valence-corrected chi connectivity index (χ4v) is 3.72. The molecule has 2 aromatic carbocycles. The summed E-state index contributed by atoms with van der Waals surface area (Å²) in [4.78, 5) is 24.8. The molecule has 1 aliphatic rings. The molecule has 9 nitrogen and oxygen atoms in total. The topological polar surface area (TPSA) is 115 Å². The molecule has 0 bridgehead atoms. The molecule has 2 heterocycles. The number of aromatic nitrogens is 2. The zero-order valence-electron chi connectivity index (χ0n) is 17.1. The van der Waals surface area contributed by atoms with E-state index in [-0.39, 0.29) is 17.1 Å². The van der Waals surface area contributed by atoms with E-state index in [9.17, 15) is 14.7 Å². The normalized spacial score (nSPS) is 14.6. The lowest BCUT2D eigenvalue weighted by Gasteiger charge is -2.25. The maximum Gasteiger partial charge on any atom is 0.352 e. The third kappa shape index (κ3) is 3.85. The predicted molar refractivity (Wildman–Crippen MR) is 119 cm³/mol. The number of para-hydroxylation sites is 1. The van der Waals surface area contributed by atoms with Gasteiger partial charge in [0.25, 0.3) is 5.91 Å². The van der Waals surface area contributed by atoms with Crippen molar-refractivity contribution in [3.05, 3.63) is 76.6 Å². The number of amides is 1. The molecule has 3 aromatic rings. The number of methoxy groups -OCH3 is 2. The second-order valence-electron chi connectivity index (χ2n) is 6.85. The average molecular weight is 455 g/mol. The van der Waals surface area contributed by atoms with Gasteiger partial charge in [0.1, 0.15) is 34.6 Å². The number of rotatable bonds is 6. The molecule has 0 fully saturated rings. The van der Waals surface area contributed by atoms with E-state index in [1.54, 1.807) is 28.9 Å². The minimum Gasteiger partial charge on any atom is -0.496 e. The van der Waals surface area contributed by atoms with Gasteiger partial charge in [0.15, 0.2) is 0 Å². The van der Waals surface area contributed by atoms with E-state index in [0.717, 1.165) is 0 Å². The summed E-state index contributed by atoms with van der Waals surface area (Å²) in [6, 6.07) is 11.5. The summed E-state index contributed by atoms with van der Waals surface area (Å²) in [7, 11) is 3.03. The van der Waals surface area contributed by atoms with Crippen LogP contribution in [0.15, 0.2) is 60.4 Å². The van der Waals surface area contributed by atoms with Crippen LogP contribution in [0.25, 0.3) is 0 Å². The first-order chi connectivity index (χ1) is 15.4. The second kappa shape index (κ2) is 8.64. The van der Waals surface area contributed by atoms with Crippen LogP contribution in [0.3, 0.4) is 0 Å². The average Bonchev–Trinajstić information content (AvgIpc) is 3.23. The number of halogens is 1. The Kier molecular flexibility index (Phi) is 5.74. The summed E-state index contributed by atoms with van der Waals surface area (Å²) in [6.07, 6.45) is 2.90. The van der Waals surface area contributed by atoms with Crippen LogP contribution in [0.4, 0.5) is 11.5 Å². The van der Waals surface area contributed by atoms with Crippen molar-refractivity contribution in [2.45, 2.75) is 6.04 Å². The standard InChI is InChI=1S/C22H19ClN4O5/c1-31-18-6-4-3-5-13(18)17-10-16(22(29)30)26-20-14(11-24-27(17)20)21(28)25-12-7-8-19(32-2)15(23)9-12/h3-11,17,26H,1-2H3,(H,25,28)(H,29,30)/t17-/m0/s1. The van der Waals surface area contributed by atoms with Gasteiger partial charge in [-0.25, -0.2) is 9.48 Å². The van der Waals surface area contributed by atoms with E-state index in [0.29, 0.717) is 27.8 Å². The number of carboxylic acids is 1. The first-order valence-corrected chi connectivity index (χ1v) is 9.88. The molecule has 32 heavy (non-hydrogen) atoms. The van der Waals surface area contributed by atoms with E-state index in [1.807, 2.05) is 18.2 Å². The first-order valence-electron chi connectivity index (χ1n) is 9.50. The summed E-state index contributed by atoms with van der Waals surface area (Å²) < 4.78 is 12.1. The van der Waals surface area contributed by atoms with Crippen molar-refractivity contribution < 1.29 is 24.2 Å². The highest BCUT2D eigenvalue weighted by Gasteiger charge is 2.30. The molecule has 0 spiro atoms. The van der Waals surface area contributed by atoms with Crippen molar-refractivity contribution in [3.8, 4) is 11.5 Å². The third-order valence-corrected chi connectivity index (χ3v) is 5.27. The zero-order valence-corrected chi connectivity index (χ0v) is 17.9. The molecule has 0 unspecified atom stereocenters. The quantitative estimate of drug-likeness (QED) is 0.519. The van der Waals surface area contributed by atoms with Gasteiger partial charge in [-0.15, -0.1) is 0 Å². The number of carboxylic acid groups (broad SMARTS) is 1. The van der Waals surface area contributed by atoms with E-state index < -0.39 is 17.9 Å². The van der Waals surface area contributed by atoms with Crippen LogP contribution in [-0.2, 0) is 4.79 Å². The minimum atomic E-state index is -1.16. The van der Waals surface area contributed by atoms with E-state index in [4.69, 9.17) is 21.1 Å². The maximum atomic E-state index is 13.0. The Morgan fingerprint density at radius 2 is 1.91 bits per heavy atom. The fraction of sp³-hybridized carbons (Fsp3) is 0.136. The highest BCUT2D eigenvalue weighted by atomic mass is 35.5. The van der Waals surface area contributed by atoms with Crippen LogP contribution in [0.5, 0.6) is 11.5 Å². The van der Waals surface area contributed by atoms with Crippen molar-refractivity contribution >= 4 is 35.0 Å². The molecule has 0 saturated carbocycles. The van der Waals surface area contributed by atoms with Gasteiger partial charge >= 0.3 is 5.97 Å². The molecular formula is C22H19ClN4O5. The van der Waals surface area contributed by atoms with Crippen molar-refractivity contribution in [2.24, 2.45) is 0 Å². The monoisotopic (exact) mass is 454 g/mol. The van der Waals surface area contributed by atoms with Gasteiger partial charge in [-0.05, 0) is 30.3 Å². The number of ether oxygens (including phenoxy) is 2. The fourth-order valence-electron chi connectivity index (χ4n) is 3.46. The Morgan fingerprint density at radius 3 is 2.59 bits per heavy atom. The number of nitrogens with one attached hydrogen (secondary N) is 2. The highest BCUT2D eigenvalue weighted by Crippen LogP contribution is 2.36. The van der Waals surface area contributed by atoms with Gasteiger partial charge in [0.05, 0.1) is 25.4 Å². The molecule has 0 aliphatic carbocycles. The summed E-state index contributed by atoms with van der Waals surface area (Å²) >= 11 is 6.13. The minimum absolute atomic E-state index is 0.0737. The van der Waals surface area contributed by atoms with Crippen LogP contribution in [0.2, 0.25) is 5.02 Å². The Hall–Kier alpha value is -3.98. The Morgan fingerprint density at radius 1 is 1.16 bits per heavy atom. The molecule has 0 radical (unpaired) electrons. The number of anilines is 2. The van der Waals surface area contributed by atoms with Gasteiger partial charge in [0, 0.05) is 11.3 Å². The number of hydrogen-bond donors (Lipinski definition) is 3. The van der Waals surface area contributed by atoms with E-state index >= 15 is 0 Å². The largest absolute Gasteiger partial charge is 0.496 e. The molecule has 0 saturated heterocycles. The molecule has 1 amide bonds. The molecule has 1 aromatic heterocycles. The van der Waals surface area contributed by atoms with Crippen LogP contribution in [0.1, 0.15) is 22.0 Å². The molecule has 4 rings (SSSR count). The second-order valence-corrected chi connectivity index (χ2v) is 7.26. The van der Waals surface area contributed by atoms with E-state index in [2.05, 4.69) is 15.7 Å². The number of benzene rings is 2. The Labute approximate surface area is 188 Å². The van der Waals surface area contributed by atoms with Crippen molar-refractivity contribution in [1.29, 1.82) is 0 Å². The molecule has 164 valence electrons. The lowest BCUT2D eigenvalue weighted by molar-refractivity contribution is -0.132. The number of nitrogens with zero attached hydrogens (tertiary/aromatic N) is 2. The summed E-state index contributed by atoms with van der Waals surface area (Å²) in [6.45, 7) is 0. The van der Waals surface area contributed by atoms with Gasteiger partial charge in [-0.3, -0.25) is 4.79 Å². The van der Waals surface area contributed by atoms with Crippen LogP contribution >= 0.6 is 11.6 Å². The number of fused-ring (bicyclic) bond motifs is 1. The summed E-state index contributed by atoms with van der Waals surface area (Å²) in [5.74, 6) is -0.347. The SMILES string of the molecule is COc1ccc(NC(=O)c2cnn3c2NC(C(=O)O)=C[C@H]3c2ccccc2OC)cc1Cl. The summed E-state index contributed by atoms with van der Waals surface area (Å²) in [5, 5.41) is 19.8. The highest BCUT2D eigenvalue weighted by molar-refractivity contribution is 6.32. The maximum absolute atomic E-state index is 13.0.